The molecule has 0 unspecified atom stereocenters. The minimum absolute atomic E-state index is 0.256. The lowest BCUT2D eigenvalue weighted by molar-refractivity contribution is -0.145. The third kappa shape index (κ3) is 4.91. The molecule has 0 amide bonds. The molecule has 5 heteroatoms. The van der Waals surface area contributed by atoms with Gasteiger partial charge in [-0.1, -0.05) is 12.1 Å². The van der Waals surface area contributed by atoms with E-state index < -0.39 is 12.1 Å². The van der Waals surface area contributed by atoms with Crippen LogP contribution in [0.15, 0.2) is 30.4 Å². The van der Waals surface area contributed by atoms with E-state index in [4.69, 9.17) is 9.47 Å². The van der Waals surface area contributed by atoms with Crippen LogP contribution in [0.2, 0.25) is 0 Å². The van der Waals surface area contributed by atoms with Gasteiger partial charge in [0.15, 0.2) is 0 Å². The summed E-state index contributed by atoms with van der Waals surface area (Å²) in [6.45, 7) is 5.09. The maximum Gasteiger partial charge on any atom is 0.330 e. The van der Waals surface area contributed by atoms with Crippen LogP contribution in [-0.2, 0) is 19.1 Å². The quantitative estimate of drug-likeness (QED) is 0.597. The number of carbonyl (C=O) groups is 2. The average molecular weight is 306 g/mol. The Morgan fingerprint density at radius 3 is 2.41 bits per heavy atom. The fourth-order valence-corrected chi connectivity index (χ4v) is 2.25. The molecule has 0 aliphatic carbocycles. The van der Waals surface area contributed by atoms with Crippen molar-refractivity contribution in [1.82, 2.24) is 0 Å². The van der Waals surface area contributed by atoms with Gasteiger partial charge >= 0.3 is 11.9 Å². The van der Waals surface area contributed by atoms with Gasteiger partial charge in [-0.25, -0.2) is 4.79 Å². The molecule has 0 saturated heterocycles. The maximum atomic E-state index is 11.3. The van der Waals surface area contributed by atoms with Gasteiger partial charge in [-0.2, -0.15) is 0 Å². The number of aryl methyl sites for hydroxylation is 1. The molecule has 5 nitrogen and oxygen atoms in total. The Morgan fingerprint density at radius 1 is 1.23 bits per heavy atom. The van der Waals surface area contributed by atoms with E-state index in [9.17, 15) is 9.59 Å². The van der Waals surface area contributed by atoms with Crippen LogP contribution in [0.4, 0.5) is 0 Å². The van der Waals surface area contributed by atoms with E-state index in [-0.39, 0.29) is 11.9 Å². The van der Waals surface area contributed by atoms with Crippen LogP contribution in [0.25, 0.3) is 0 Å². The van der Waals surface area contributed by atoms with Crippen molar-refractivity contribution < 1.29 is 23.8 Å². The number of esters is 2. The van der Waals surface area contributed by atoms with E-state index in [0.717, 1.165) is 16.9 Å². The van der Waals surface area contributed by atoms with E-state index in [1.807, 2.05) is 25.1 Å². The van der Waals surface area contributed by atoms with E-state index >= 15 is 0 Å². The number of ether oxygens (including phenoxy) is 3. The Labute approximate surface area is 130 Å². The molecule has 0 fully saturated rings. The van der Waals surface area contributed by atoms with Crippen LogP contribution in [0, 0.1) is 6.92 Å². The van der Waals surface area contributed by atoms with Crippen molar-refractivity contribution in [1.29, 1.82) is 0 Å². The first-order valence-corrected chi connectivity index (χ1v) is 6.97. The number of methoxy groups -OCH3 is 2. The summed E-state index contributed by atoms with van der Waals surface area (Å²) in [7, 11) is 2.92. The summed E-state index contributed by atoms with van der Waals surface area (Å²) in [5, 5.41) is 0. The fraction of sp³-hybridized carbons (Fsp3) is 0.412. The molecule has 0 spiro atoms. The number of carbonyl (C=O) groups excluding carboxylic acids is 2. The average Bonchev–Trinajstić information content (AvgIpc) is 2.47. The van der Waals surface area contributed by atoms with Crippen molar-refractivity contribution in [3.05, 3.63) is 41.5 Å². The molecule has 0 aliphatic heterocycles. The molecular formula is C17H22O5. The third-order valence-electron chi connectivity index (χ3n) is 3.33. The van der Waals surface area contributed by atoms with Gasteiger partial charge in [0.25, 0.3) is 0 Å². The second kappa shape index (κ2) is 8.22. The van der Waals surface area contributed by atoms with Gasteiger partial charge in [-0.3, -0.25) is 4.79 Å². The minimum atomic E-state index is -0.453. The first-order chi connectivity index (χ1) is 10.4. The van der Waals surface area contributed by atoms with Crippen LogP contribution in [0.3, 0.4) is 0 Å². The molecule has 0 aromatic heterocycles. The molecule has 0 heterocycles. The Balaban J connectivity index is 3.16. The van der Waals surface area contributed by atoms with Crippen molar-refractivity contribution in [2.45, 2.75) is 32.8 Å². The van der Waals surface area contributed by atoms with Gasteiger partial charge in [-0.05, 0) is 37.1 Å². The zero-order valence-corrected chi connectivity index (χ0v) is 13.6. The molecule has 1 aromatic rings. The van der Waals surface area contributed by atoms with Gasteiger partial charge in [0, 0.05) is 18.9 Å². The molecule has 2 atom stereocenters. The fourth-order valence-electron chi connectivity index (χ4n) is 2.25. The monoisotopic (exact) mass is 306 g/mol. The molecule has 120 valence electrons. The smallest absolute Gasteiger partial charge is 0.330 e. The molecule has 0 N–H and O–H groups in total. The minimum Gasteiger partial charge on any atom is -0.497 e. The standard InChI is InChI=1S/C17H22O5/c1-11-10-14(20-4)6-7-15(11)16(8-9-17(19)21-5)12(2)22-13(3)18/h6-10,12,16H,1-5H3/b9-8+/t12-,16+/m1/s1. The third-order valence-corrected chi connectivity index (χ3v) is 3.33. The lowest BCUT2D eigenvalue weighted by Gasteiger charge is -2.23. The van der Waals surface area contributed by atoms with Crippen molar-refractivity contribution in [2.75, 3.05) is 14.2 Å². The van der Waals surface area contributed by atoms with Crippen molar-refractivity contribution >= 4 is 11.9 Å². The molecule has 1 rings (SSSR count). The number of benzene rings is 1. The SMILES string of the molecule is COC(=O)/C=C/[C@H](c1ccc(OC)cc1C)[C@@H](C)OC(C)=O. The molecule has 0 saturated carbocycles. The van der Waals surface area contributed by atoms with Crippen molar-refractivity contribution in [2.24, 2.45) is 0 Å². The zero-order valence-electron chi connectivity index (χ0n) is 13.6. The number of rotatable bonds is 6. The Bertz CT molecular complexity index is 562. The predicted octanol–water partition coefficient (Wildman–Crippen LogP) is 2.77. The van der Waals surface area contributed by atoms with Crippen LogP contribution in [0.1, 0.15) is 30.9 Å². The van der Waals surface area contributed by atoms with Crippen molar-refractivity contribution in [3.8, 4) is 5.75 Å². The number of hydrogen-bond acceptors (Lipinski definition) is 5. The summed E-state index contributed by atoms with van der Waals surface area (Å²) in [5.41, 5.74) is 1.94. The summed E-state index contributed by atoms with van der Waals surface area (Å²) in [6, 6.07) is 5.64. The first kappa shape index (κ1) is 17.8. The molecule has 0 bridgehead atoms. The summed E-state index contributed by atoms with van der Waals surface area (Å²) < 4.78 is 15.1. The van der Waals surface area contributed by atoms with Crippen LogP contribution in [0.5, 0.6) is 5.75 Å². The van der Waals surface area contributed by atoms with E-state index in [1.54, 1.807) is 20.1 Å². The second-order valence-electron chi connectivity index (χ2n) is 4.95. The van der Waals surface area contributed by atoms with Gasteiger partial charge in [0.05, 0.1) is 14.2 Å². The highest BCUT2D eigenvalue weighted by atomic mass is 16.5. The second-order valence-corrected chi connectivity index (χ2v) is 4.95. The first-order valence-electron chi connectivity index (χ1n) is 6.97. The summed E-state index contributed by atoms with van der Waals surface area (Å²) in [6.07, 6.45) is 2.62. The van der Waals surface area contributed by atoms with Crippen LogP contribution in [-0.4, -0.2) is 32.3 Å². The van der Waals surface area contributed by atoms with E-state index in [0.29, 0.717) is 0 Å². The van der Waals surface area contributed by atoms with Crippen LogP contribution < -0.4 is 4.74 Å². The van der Waals surface area contributed by atoms with E-state index in [1.165, 1.54) is 20.1 Å². The largest absolute Gasteiger partial charge is 0.497 e. The maximum absolute atomic E-state index is 11.3. The highest BCUT2D eigenvalue weighted by Gasteiger charge is 2.21. The number of hydrogen-bond donors (Lipinski definition) is 0. The highest BCUT2D eigenvalue weighted by Crippen LogP contribution is 2.29. The molecule has 22 heavy (non-hydrogen) atoms. The summed E-state index contributed by atoms with van der Waals surface area (Å²) in [4.78, 5) is 22.6. The zero-order chi connectivity index (χ0) is 16.7. The topological polar surface area (TPSA) is 61.8 Å². The molecular weight excluding hydrogens is 284 g/mol. The Hall–Kier alpha value is -2.30. The van der Waals surface area contributed by atoms with Crippen molar-refractivity contribution in [3.63, 3.8) is 0 Å². The van der Waals surface area contributed by atoms with Gasteiger partial charge in [-0.15, -0.1) is 0 Å². The predicted molar refractivity (Wildman–Crippen MR) is 82.9 cm³/mol. The lowest BCUT2D eigenvalue weighted by atomic mass is 9.90. The lowest BCUT2D eigenvalue weighted by Crippen LogP contribution is -2.21. The highest BCUT2D eigenvalue weighted by molar-refractivity contribution is 5.82. The van der Waals surface area contributed by atoms with E-state index in [2.05, 4.69) is 4.74 Å². The van der Waals surface area contributed by atoms with Gasteiger partial charge in [0.2, 0.25) is 0 Å². The molecule has 1 aromatic carbocycles. The summed E-state index contributed by atoms with van der Waals surface area (Å²) in [5.74, 6) is -0.327. The molecule has 0 aliphatic rings. The van der Waals surface area contributed by atoms with Gasteiger partial charge in [0.1, 0.15) is 11.9 Å². The summed E-state index contributed by atoms with van der Waals surface area (Å²) >= 11 is 0. The Kier molecular flexibility index (Phi) is 6.63. The van der Waals surface area contributed by atoms with Gasteiger partial charge < -0.3 is 14.2 Å². The normalized spacial score (nSPS) is 13.5. The Morgan fingerprint density at radius 2 is 1.91 bits per heavy atom. The molecule has 0 radical (unpaired) electrons. The van der Waals surface area contributed by atoms with Crippen LogP contribution >= 0.6 is 0 Å².